The zero-order chi connectivity index (χ0) is 11.4. The number of aliphatic hydroxyl groups excluding tert-OH is 1. The third kappa shape index (κ3) is 3.17. The standard InChI is InChI=1S/C12H24N2O2/c1-2-12(15)10-13-4-3-11(9-13)14-5-7-16-8-6-14/h11-12,15H,2-10H2,1H3. The van der Waals surface area contributed by atoms with E-state index in [-0.39, 0.29) is 6.10 Å². The lowest BCUT2D eigenvalue weighted by Gasteiger charge is -2.32. The van der Waals surface area contributed by atoms with Crippen LogP contribution in [0.5, 0.6) is 0 Å². The van der Waals surface area contributed by atoms with E-state index < -0.39 is 0 Å². The monoisotopic (exact) mass is 228 g/mol. The Balaban J connectivity index is 1.74. The quantitative estimate of drug-likeness (QED) is 0.744. The van der Waals surface area contributed by atoms with Gasteiger partial charge in [0.25, 0.3) is 0 Å². The zero-order valence-electron chi connectivity index (χ0n) is 10.3. The van der Waals surface area contributed by atoms with E-state index in [4.69, 9.17) is 4.74 Å². The number of aliphatic hydroxyl groups is 1. The van der Waals surface area contributed by atoms with Gasteiger partial charge in [0.15, 0.2) is 0 Å². The molecule has 0 spiro atoms. The number of hydrogen-bond donors (Lipinski definition) is 1. The predicted molar refractivity (Wildman–Crippen MR) is 63.5 cm³/mol. The molecule has 0 amide bonds. The minimum atomic E-state index is -0.150. The summed E-state index contributed by atoms with van der Waals surface area (Å²) in [7, 11) is 0. The third-order valence-electron chi connectivity index (χ3n) is 3.75. The van der Waals surface area contributed by atoms with E-state index in [9.17, 15) is 5.11 Å². The Morgan fingerprint density at radius 3 is 2.75 bits per heavy atom. The van der Waals surface area contributed by atoms with E-state index in [0.717, 1.165) is 52.4 Å². The molecule has 2 atom stereocenters. The Labute approximate surface area is 98.2 Å². The summed E-state index contributed by atoms with van der Waals surface area (Å²) in [6.45, 7) is 9.07. The second-order valence-electron chi connectivity index (χ2n) is 4.91. The molecule has 2 unspecified atom stereocenters. The number of β-amino-alcohol motifs (C(OH)–C–C–N with tert-alkyl or cyclic N) is 1. The molecule has 94 valence electrons. The molecule has 0 bridgehead atoms. The summed E-state index contributed by atoms with van der Waals surface area (Å²) in [6.07, 6.45) is 1.96. The summed E-state index contributed by atoms with van der Waals surface area (Å²) in [6, 6.07) is 0.688. The van der Waals surface area contributed by atoms with Crippen molar-refractivity contribution < 1.29 is 9.84 Å². The molecule has 2 fully saturated rings. The van der Waals surface area contributed by atoms with E-state index in [2.05, 4.69) is 9.80 Å². The average molecular weight is 228 g/mol. The van der Waals surface area contributed by atoms with E-state index in [1.165, 1.54) is 6.42 Å². The van der Waals surface area contributed by atoms with E-state index in [0.29, 0.717) is 6.04 Å². The Morgan fingerprint density at radius 1 is 1.31 bits per heavy atom. The van der Waals surface area contributed by atoms with Gasteiger partial charge in [-0.15, -0.1) is 0 Å². The van der Waals surface area contributed by atoms with Gasteiger partial charge in [-0.1, -0.05) is 6.92 Å². The molecule has 4 heteroatoms. The molecule has 0 saturated carbocycles. The molecular weight excluding hydrogens is 204 g/mol. The molecule has 0 aromatic carbocycles. The minimum absolute atomic E-state index is 0.150. The van der Waals surface area contributed by atoms with Gasteiger partial charge in [0.05, 0.1) is 19.3 Å². The van der Waals surface area contributed by atoms with Crippen molar-refractivity contribution in [3.05, 3.63) is 0 Å². The lowest BCUT2D eigenvalue weighted by Crippen LogP contribution is -2.45. The first-order valence-electron chi connectivity index (χ1n) is 6.51. The maximum absolute atomic E-state index is 9.64. The van der Waals surface area contributed by atoms with Gasteiger partial charge < -0.3 is 9.84 Å². The summed E-state index contributed by atoms with van der Waals surface area (Å²) >= 11 is 0. The van der Waals surface area contributed by atoms with Crippen molar-refractivity contribution in [3.63, 3.8) is 0 Å². The van der Waals surface area contributed by atoms with E-state index >= 15 is 0 Å². The molecule has 0 radical (unpaired) electrons. The normalized spacial score (nSPS) is 30.8. The van der Waals surface area contributed by atoms with Crippen LogP contribution in [0.1, 0.15) is 19.8 Å². The van der Waals surface area contributed by atoms with Gasteiger partial charge in [-0.05, 0) is 19.4 Å². The van der Waals surface area contributed by atoms with Gasteiger partial charge in [-0.2, -0.15) is 0 Å². The van der Waals surface area contributed by atoms with Crippen LogP contribution in [0.3, 0.4) is 0 Å². The van der Waals surface area contributed by atoms with Gasteiger partial charge >= 0.3 is 0 Å². The van der Waals surface area contributed by atoms with Crippen LogP contribution in [0, 0.1) is 0 Å². The Bertz CT molecular complexity index is 207. The fourth-order valence-electron chi connectivity index (χ4n) is 2.65. The maximum Gasteiger partial charge on any atom is 0.0664 e. The topological polar surface area (TPSA) is 35.9 Å². The molecule has 2 aliphatic heterocycles. The number of morpholine rings is 1. The zero-order valence-corrected chi connectivity index (χ0v) is 10.3. The van der Waals surface area contributed by atoms with Crippen LogP contribution in [0.15, 0.2) is 0 Å². The van der Waals surface area contributed by atoms with Crippen molar-refractivity contribution in [2.45, 2.75) is 31.9 Å². The molecule has 2 aliphatic rings. The van der Waals surface area contributed by atoms with Crippen LogP contribution in [-0.4, -0.2) is 73.0 Å². The van der Waals surface area contributed by atoms with E-state index in [1.54, 1.807) is 0 Å². The Morgan fingerprint density at radius 2 is 2.06 bits per heavy atom. The van der Waals surface area contributed by atoms with Crippen LogP contribution in [0.2, 0.25) is 0 Å². The molecule has 4 nitrogen and oxygen atoms in total. The fraction of sp³-hybridized carbons (Fsp3) is 1.00. The number of ether oxygens (including phenoxy) is 1. The highest BCUT2D eigenvalue weighted by Crippen LogP contribution is 2.17. The molecule has 0 aromatic heterocycles. The molecule has 1 N–H and O–H groups in total. The van der Waals surface area contributed by atoms with Crippen molar-refractivity contribution in [2.75, 3.05) is 45.9 Å². The summed E-state index contributed by atoms with van der Waals surface area (Å²) in [4.78, 5) is 4.94. The molecular formula is C12H24N2O2. The first-order valence-corrected chi connectivity index (χ1v) is 6.51. The van der Waals surface area contributed by atoms with Crippen LogP contribution < -0.4 is 0 Å². The molecule has 2 rings (SSSR count). The van der Waals surface area contributed by atoms with Crippen LogP contribution in [0.25, 0.3) is 0 Å². The van der Waals surface area contributed by atoms with Crippen molar-refractivity contribution >= 4 is 0 Å². The van der Waals surface area contributed by atoms with Gasteiger partial charge in [0.1, 0.15) is 0 Å². The molecule has 2 heterocycles. The van der Waals surface area contributed by atoms with Gasteiger partial charge in [-0.3, -0.25) is 9.80 Å². The lowest BCUT2D eigenvalue weighted by molar-refractivity contribution is 0.0174. The highest BCUT2D eigenvalue weighted by molar-refractivity contribution is 4.85. The Hall–Kier alpha value is -0.160. The third-order valence-corrected chi connectivity index (χ3v) is 3.75. The predicted octanol–water partition coefficient (Wildman–Crippen LogP) is 0.164. The highest BCUT2D eigenvalue weighted by Gasteiger charge is 2.29. The molecule has 0 aromatic rings. The van der Waals surface area contributed by atoms with Crippen molar-refractivity contribution in [3.8, 4) is 0 Å². The maximum atomic E-state index is 9.64. The fourth-order valence-corrected chi connectivity index (χ4v) is 2.65. The van der Waals surface area contributed by atoms with Crippen molar-refractivity contribution in [1.29, 1.82) is 0 Å². The molecule has 0 aliphatic carbocycles. The number of nitrogens with zero attached hydrogens (tertiary/aromatic N) is 2. The van der Waals surface area contributed by atoms with Crippen LogP contribution in [-0.2, 0) is 4.74 Å². The minimum Gasteiger partial charge on any atom is -0.392 e. The SMILES string of the molecule is CCC(O)CN1CCC(N2CCOCC2)C1. The first kappa shape index (κ1) is 12.3. The Kier molecular flexibility index (Phi) is 4.58. The molecule has 16 heavy (non-hydrogen) atoms. The highest BCUT2D eigenvalue weighted by atomic mass is 16.5. The van der Waals surface area contributed by atoms with Crippen molar-refractivity contribution in [2.24, 2.45) is 0 Å². The number of hydrogen-bond acceptors (Lipinski definition) is 4. The second-order valence-corrected chi connectivity index (χ2v) is 4.91. The summed E-state index contributed by atoms with van der Waals surface area (Å²) in [5.41, 5.74) is 0. The number of likely N-dealkylation sites (tertiary alicyclic amines) is 1. The second kappa shape index (κ2) is 5.96. The number of rotatable bonds is 4. The smallest absolute Gasteiger partial charge is 0.0664 e. The summed E-state index contributed by atoms with van der Waals surface area (Å²) < 4.78 is 5.37. The first-order chi connectivity index (χ1) is 7.79. The molecule has 2 saturated heterocycles. The van der Waals surface area contributed by atoms with Gasteiger partial charge in [-0.25, -0.2) is 0 Å². The lowest BCUT2D eigenvalue weighted by atomic mass is 10.2. The van der Waals surface area contributed by atoms with Gasteiger partial charge in [0.2, 0.25) is 0 Å². The largest absolute Gasteiger partial charge is 0.392 e. The summed E-state index contributed by atoms with van der Waals surface area (Å²) in [5, 5.41) is 9.64. The summed E-state index contributed by atoms with van der Waals surface area (Å²) in [5.74, 6) is 0. The van der Waals surface area contributed by atoms with Crippen molar-refractivity contribution in [1.82, 2.24) is 9.80 Å². The van der Waals surface area contributed by atoms with Crippen LogP contribution >= 0.6 is 0 Å². The van der Waals surface area contributed by atoms with Gasteiger partial charge in [0, 0.05) is 32.2 Å². The average Bonchev–Trinajstić information content (AvgIpc) is 2.78. The van der Waals surface area contributed by atoms with E-state index in [1.807, 2.05) is 6.92 Å². The van der Waals surface area contributed by atoms with Crippen LogP contribution in [0.4, 0.5) is 0 Å².